The van der Waals surface area contributed by atoms with Gasteiger partial charge in [0.2, 0.25) is 10.0 Å². The smallest absolute Gasteiger partial charge is 0.207 e. The van der Waals surface area contributed by atoms with Crippen LogP contribution >= 0.6 is 15.9 Å². The Morgan fingerprint density at radius 2 is 1.94 bits per heavy atom. The molecule has 1 aromatic carbocycles. The maximum Gasteiger partial charge on any atom is 0.243 e. The van der Waals surface area contributed by atoms with Gasteiger partial charge < -0.3 is 0 Å². The van der Waals surface area contributed by atoms with Crippen LogP contribution in [0.5, 0.6) is 0 Å². The lowest BCUT2D eigenvalue weighted by molar-refractivity contribution is 0.469. The minimum Gasteiger partial charge on any atom is -0.207 e. The van der Waals surface area contributed by atoms with Crippen LogP contribution in [0.25, 0.3) is 0 Å². The van der Waals surface area contributed by atoms with E-state index in [0.29, 0.717) is 11.4 Å². The average molecular weight is 320 g/mol. The molecule has 0 aliphatic carbocycles. The Labute approximate surface area is 112 Å². The van der Waals surface area contributed by atoms with Gasteiger partial charge in [-0.2, -0.15) is 0 Å². The normalized spacial score (nSPS) is 12.1. The van der Waals surface area contributed by atoms with E-state index in [-0.39, 0.29) is 0 Å². The number of aryl methyl sites for hydroxylation is 2. The zero-order valence-corrected chi connectivity index (χ0v) is 12.8. The van der Waals surface area contributed by atoms with Gasteiger partial charge in [-0.25, -0.2) is 12.7 Å². The first-order valence-electron chi connectivity index (χ1n) is 5.49. The van der Waals surface area contributed by atoms with Crippen LogP contribution < -0.4 is 0 Å². The van der Waals surface area contributed by atoms with E-state index in [1.165, 1.54) is 4.31 Å². The third kappa shape index (κ3) is 3.53. The summed E-state index contributed by atoms with van der Waals surface area (Å²) in [5.41, 5.74) is 1.88. The SMILES string of the molecule is Cc1ccc(S(=O)(=O)N(C)CCCBr)c(C)c1. The second-order valence-electron chi connectivity index (χ2n) is 4.14. The summed E-state index contributed by atoms with van der Waals surface area (Å²) in [6.07, 6.45) is 0.806. The monoisotopic (exact) mass is 319 g/mol. The highest BCUT2D eigenvalue weighted by atomic mass is 79.9. The van der Waals surface area contributed by atoms with Crippen molar-refractivity contribution in [3.8, 4) is 0 Å². The molecule has 0 spiro atoms. The van der Waals surface area contributed by atoms with E-state index in [1.807, 2.05) is 26.0 Å². The molecule has 0 amide bonds. The van der Waals surface area contributed by atoms with Gasteiger partial charge >= 0.3 is 0 Å². The predicted octanol–water partition coefficient (Wildman–Crippen LogP) is 2.71. The van der Waals surface area contributed by atoms with Gasteiger partial charge in [0.05, 0.1) is 4.90 Å². The zero-order chi connectivity index (χ0) is 13.1. The molecule has 0 saturated carbocycles. The summed E-state index contributed by atoms with van der Waals surface area (Å²) in [6, 6.07) is 5.41. The van der Waals surface area contributed by atoms with E-state index in [0.717, 1.165) is 22.9 Å². The van der Waals surface area contributed by atoms with E-state index < -0.39 is 10.0 Å². The summed E-state index contributed by atoms with van der Waals surface area (Å²) in [7, 11) is -1.72. The molecule has 0 fully saturated rings. The summed E-state index contributed by atoms with van der Waals surface area (Å²) in [4.78, 5) is 0.403. The molecule has 3 nitrogen and oxygen atoms in total. The molecule has 1 aromatic rings. The molecule has 0 atom stereocenters. The van der Waals surface area contributed by atoms with Gasteiger partial charge in [0.15, 0.2) is 0 Å². The van der Waals surface area contributed by atoms with Crippen LogP contribution in [-0.2, 0) is 10.0 Å². The largest absolute Gasteiger partial charge is 0.243 e. The van der Waals surface area contributed by atoms with Gasteiger partial charge in [-0.15, -0.1) is 0 Å². The molecule has 0 unspecified atom stereocenters. The van der Waals surface area contributed by atoms with E-state index in [9.17, 15) is 8.42 Å². The number of halogens is 1. The third-order valence-corrected chi connectivity index (χ3v) is 5.20. The number of nitrogens with zero attached hydrogens (tertiary/aromatic N) is 1. The highest BCUT2D eigenvalue weighted by molar-refractivity contribution is 9.09. The number of sulfonamides is 1. The maximum absolute atomic E-state index is 12.3. The lowest BCUT2D eigenvalue weighted by Crippen LogP contribution is -2.28. The Bertz CT molecular complexity index is 485. The zero-order valence-electron chi connectivity index (χ0n) is 10.4. The molecular formula is C12H18BrNO2S. The Balaban J connectivity index is 3.04. The molecule has 0 N–H and O–H groups in total. The molecular weight excluding hydrogens is 302 g/mol. The summed E-state index contributed by atoms with van der Waals surface area (Å²) >= 11 is 3.30. The Hall–Kier alpha value is -0.390. The lowest BCUT2D eigenvalue weighted by atomic mass is 10.2. The number of alkyl halides is 1. The second kappa shape index (κ2) is 5.98. The molecule has 1 rings (SSSR count). The standard InChI is InChI=1S/C12H18BrNO2S/c1-10-5-6-12(11(2)9-10)17(15,16)14(3)8-4-7-13/h5-6,9H,4,7-8H2,1-3H3. The molecule has 5 heteroatoms. The Morgan fingerprint density at radius 1 is 1.29 bits per heavy atom. The Morgan fingerprint density at radius 3 is 2.47 bits per heavy atom. The summed E-state index contributed by atoms with van der Waals surface area (Å²) in [5, 5.41) is 0.805. The predicted molar refractivity (Wildman–Crippen MR) is 74.1 cm³/mol. The van der Waals surface area contributed by atoms with Crippen molar-refractivity contribution in [3.05, 3.63) is 29.3 Å². The van der Waals surface area contributed by atoms with Gasteiger partial charge in [0.25, 0.3) is 0 Å². The highest BCUT2D eigenvalue weighted by Gasteiger charge is 2.21. The Kier molecular flexibility index (Phi) is 5.16. The maximum atomic E-state index is 12.3. The van der Waals surface area contributed by atoms with E-state index >= 15 is 0 Å². The second-order valence-corrected chi connectivity index (χ2v) is 6.94. The van der Waals surface area contributed by atoms with E-state index in [2.05, 4.69) is 15.9 Å². The van der Waals surface area contributed by atoms with Gasteiger partial charge in [-0.1, -0.05) is 33.6 Å². The van der Waals surface area contributed by atoms with Gasteiger partial charge in [0.1, 0.15) is 0 Å². The molecule has 0 aliphatic heterocycles. The molecule has 0 radical (unpaired) electrons. The van der Waals surface area contributed by atoms with Crippen LogP contribution in [0, 0.1) is 13.8 Å². The first kappa shape index (κ1) is 14.7. The topological polar surface area (TPSA) is 37.4 Å². The minimum atomic E-state index is -3.35. The van der Waals surface area contributed by atoms with Crippen molar-refractivity contribution in [2.24, 2.45) is 0 Å². The number of benzene rings is 1. The van der Waals surface area contributed by atoms with Crippen molar-refractivity contribution < 1.29 is 8.42 Å². The van der Waals surface area contributed by atoms with Crippen molar-refractivity contribution in [1.29, 1.82) is 0 Å². The van der Waals surface area contributed by atoms with Gasteiger partial charge in [-0.3, -0.25) is 0 Å². The van der Waals surface area contributed by atoms with Crippen molar-refractivity contribution in [2.45, 2.75) is 25.2 Å². The number of hydrogen-bond acceptors (Lipinski definition) is 2. The molecule has 0 aromatic heterocycles. The molecule has 0 bridgehead atoms. The first-order chi connectivity index (χ1) is 7.89. The average Bonchev–Trinajstić information content (AvgIpc) is 2.25. The fourth-order valence-corrected chi connectivity index (χ4v) is 3.32. The quantitative estimate of drug-likeness (QED) is 0.782. The van der Waals surface area contributed by atoms with Crippen LogP contribution in [0.1, 0.15) is 17.5 Å². The van der Waals surface area contributed by atoms with E-state index in [4.69, 9.17) is 0 Å². The van der Waals surface area contributed by atoms with E-state index in [1.54, 1.807) is 13.1 Å². The number of hydrogen-bond donors (Lipinski definition) is 0. The third-order valence-electron chi connectivity index (χ3n) is 2.63. The van der Waals surface area contributed by atoms with Crippen molar-refractivity contribution in [2.75, 3.05) is 18.9 Å². The minimum absolute atomic E-state index is 0.403. The molecule has 0 saturated heterocycles. The highest BCUT2D eigenvalue weighted by Crippen LogP contribution is 2.20. The fourth-order valence-electron chi connectivity index (χ4n) is 1.66. The summed E-state index contributed by atoms with van der Waals surface area (Å²) < 4.78 is 26.0. The van der Waals surface area contributed by atoms with Crippen LogP contribution in [0.3, 0.4) is 0 Å². The molecule has 0 heterocycles. The molecule has 17 heavy (non-hydrogen) atoms. The van der Waals surface area contributed by atoms with Crippen LogP contribution in [0.2, 0.25) is 0 Å². The van der Waals surface area contributed by atoms with Crippen LogP contribution in [-0.4, -0.2) is 31.6 Å². The first-order valence-corrected chi connectivity index (χ1v) is 8.05. The lowest BCUT2D eigenvalue weighted by Gasteiger charge is -2.18. The molecule has 96 valence electrons. The van der Waals surface area contributed by atoms with Crippen molar-refractivity contribution in [1.82, 2.24) is 4.31 Å². The summed E-state index contributed by atoms with van der Waals surface area (Å²) in [6.45, 7) is 4.32. The fraction of sp³-hybridized carbons (Fsp3) is 0.500. The number of rotatable bonds is 5. The van der Waals surface area contributed by atoms with Crippen molar-refractivity contribution in [3.63, 3.8) is 0 Å². The molecule has 0 aliphatic rings. The van der Waals surface area contributed by atoms with Crippen LogP contribution in [0.15, 0.2) is 23.1 Å². The van der Waals surface area contributed by atoms with Crippen LogP contribution in [0.4, 0.5) is 0 Å². The summed E-state index contributed by atoms with van der Waals surface area (Å²) in [5.74, 6) is 0. The van der Waals surface area contributed by atoms with Crippen molar-refractivity contribution >= 4 is 26.0 Å². The van der Waals surface area contributed by atoms with Gasteiger partial charge in [-0.05, 0) is 31.9 Å². The van der Waals surface area contributed by atoms with Gasteiger partial charge in [0, 0.05) is 18.9 Å².